The largest absolute Gasteiger partial charge is 0.373 e. The van der Waals surface area contributed by atoms with Gasteiger partial charge in [-0.05, 0) is 24.1 Å². The summed E-state index contributed by atoms with van der Waals surface area (Å²) < 4.78 is 1.70. The number of benzene rings is 1. The van der Waals surface area contributed by atoms with Crippen molar-refractivity contribution in [3.63, 3.8) is 0 Å². The zero-order valence-electron chi connectivity index (χ0n) is 16.9. The lowest BCUT2D eigenvalue weighted by Crippen LogP contribution is -2.31. The smallest absolute Gasteiger partial charge is 0.295 e. The van der Waals surface area contributed by atoms with E-state index >= 15 is 0 Å². The molecule has 0 saturated carbocycles. The number of rotatable bonds is 8. The Hall–Kier alpha value is -3.42. The van der Waals surface area contributed by atoms with E-state index in [0.717, 1.165) is 5.56 Å². The van der Waals surface area contributed by atoms with E-state index in [4.69, 9.17) is 0 Å². The normalized spacial score (nSPS) is 11.8. The minimum atomic E-state index is -0.258. The maximum absolute atomic E-state index is 13.4. The van der Waals surface area contributed by atoms with Crippen LogP contribution in [0.3, 0.4) is 0 Å². The van der Waals surface area contributed by atoms with Gasteiger partial charge in [-0.2, -0.15) is 0 Å². The van der Waals surface area contributed by atoms with Crippen LogP contribution in [-0.2, 0) is 4.79 Å². The van der Waals surface area contributed by atoms with Crippen molar-refractivity contribution >= 4 is 28.7 Å². The van der Waals surface area contributed by atoms with E-state index in [1.807, 2.05) is 49.4 Å². The van der Waals surface area contributed by atoms with Crippen LogP contribution in [0.25, 0.3) is 11.2 Å². The molecule has 3 N–H and O–H groups in total. The summed E-state index contributed by atoms with van der Waals surface area (Å²) in [6.45, 7) is 2.36. The summed E-state index contributed by atoms with van der Waals surface area (Å²) in [5, 5.41) is 8.61. The maximum Gasteiger partial charge on any atom is 0.295 e. The van der Waals surface area contributed by atoms with Gasteiger partial charge in [0.2, 0.25) is 5.91 Å². The second kappa shape index (κ2) is 9.18. The predicted octanol–water partition coefficient (Wildman–Crippen LogP) is 2.38. The van der Waals surface area contributed by atoms with Gasteiger partial charge >= 0.3 is 0 Å². The van der Waals surface area contributed by atoms with E-state index in [-0.39, 0.29) is 29.7 Å². The Morgan fingerprint density at radius 2 is 1.86 bits per heavy atom. The van der Waals surface area contributed by atoms with Gasteiger partial charge in [0.15, 0.2) is 11.5 Å². The predicted molar refractivity (Wildman–Crippen MR) is 115 cm³/mol. The first kappa shape index (κ1) is 20.3. The van der Waals surface area contributed by atoms with Crippen molar-refractivity contribution < 1.29 is 4.79 Å². The fourth-order valence-corrected chi connectivity index (χ4v) is 3.29. The van der Waals surface area contributed by atoms with Crippen LogP contribution in [0.1, 0.15) is 31.4 Å². The lowest BCUT2D eigenvalue weighted by atomic mass is 10.0. The third-order valence-electron chi connectivity index (χ3n) is 4.80. The Balaban J connectivity index is 2.14. The first-order chi connectivity index (χ1) is 14.1. The topological polar surface area (TPSA) is 101 Å². The van der Waals surface area contributed by atoms with Crippen LogP contribution in [0.5, 0.6) is 0 Å². The molecule has 0 unspecified atom stereocenters. The average Bonchev–Trinajstić information content (AvgIpc) is 2.76. The van der Waals surface area contributed by atoms with Crippen molar-refractivity contribution in [2.45, 2.75) is 25.8 Å². The van der Waals surface area contributed by atoms with E-state index in [1.165, 1.54) is 0 Å². The number of hydrogen-bond donors (Lipinski definition) is 3. The van der Waals surface area contributed by atoms with Gasteiger partial charge in [0.1, 0.15) is 11.3 Å². The van der Waals surface area contributed by atoms with E-state index in [2.05, 4.69) is 25.9 Å². The third-order valence-corrected chi connectivity index (χ3v) is 4.80. The monoisotopic (exact) mass is 394 g/mol. The molecule has 0 fully saturated rings. The maximum atomic E-state index is 13.4. The first-order valence-corrected chi connectivity index (χ1v) is 9.69. The van der Waals surface area contributed by atoms with Gasteiger partial charge in [-0.15, -0.1) is 0 Å². The van der Waals surface area contributed by atoms with Crippen molar-refractivity contribution in [1.29, 1.82) is 0 Å². The number of anilines is 2. The van der Waals surface area contributed by atoms with E-state index in [0.29, 0.717) is 29.9 Å². The van der Waals surface area contributed by atoms with Crippen LogP contribution in [0.2, 0.25) is 0 Å². The number of nitrogens with zero attached hydrogens (tertiary/aromatic N) is 3. The molecule has 0 aliphatic heterocycles. The number of carbonyl (C=O) groups is 1. The van der Waals surface area contributed by atoms with Crippen LogP contribution in [-0.4, -0.2) is 41.1 Å². The van der Waals surface area contributed by atoms with Crippen molar-refractivity contribution in [3.05, 3.63) is 58.4 Å². The summed E-state index contributed by atoms with van der Waals surface area (Å²) >= 11 is 0. The van der Waals surface area contributed by atoms with Gasteiger partial charge in [-0.3, -0.25) is 14.2 Å². The third kappa shape index (κ3) is 4.37. The number of carbonyl (C=O) groups excluding carboxylic acids is 1. The van der Waals surface area contributed by atoms with Crippen molar-refractivity contribution in [2.24, 2.45) is 0 Å². The highest BCUT2D eigenvalue weighted by Crippen LogP contribution is 2.25. The fraction of sp³-hybridized carbons (Fsp3) is 0.333. The number of hydrogen-bond acceptors (Lipinski definition) is 6. The second-order valence-electron chi connectivity index (χ2n) is 6.61. The standard InChI is InChI=1S/C21H26N6O2/c1-4-16(14-8-6-5-7-9-14)27-20-15(10-11-17(22-2)26-20)25-19(21(27)29)24-13-12-18(28)23-3/h5-11,16H,4,12-13H2,1-3H3,(H,22,26)(H,23,28)(H,24,25)/t16-/m0/s1. The molecule has 152 valence electrons. The molecule has 1 aromatic carbocycles. The summed E-state index contributed by atoms with van der Waals surface area (Å²) in [6, 6.07) is 13.4. The Bertz CT molecular complexity index is 1050. The number of aromatic nitrogens is 3. The minimum absolute atomic E-state index is 0.102. The molecule has 0 bridgehead atoms. The van der Waals surface area contributed by atoms with E-state index < -0.39 is 0 Å². The van der Waals surface area contributed by atoms with Gasteiger partial charge in [0, 0.05) is 27.1 Å². The molecular formula is C21H26N6O2. The number of pyridine rings is 1. The first-order valence-electron chi connectivity index (χ1n) is 9.69. The second-order valence-corrected chi connectivity index (χ2v) is 6.61. The Kier molecular flexibility index (Phi) is 6.43. The molecule has 0 radical (unpaired) electrons. The van der Waals surface area contributed by atoms with Crippen molar-refractivity contribution in [2.75, 3.05) is 31.3 Å². The molecule has 29 heavy (non-hydrogen) atoms. The highest BCUT2D eigenvalue weighted by Gasteiger charge is 2.20. The highest BCUT2D eigenvalue weighted by atomic mass is 16.1. The molecule has 1 amide bonds. The lowest BCUT2D eigenvalue weighted by Gasteiger charge is -2.21. The minimum Gasteiger partial charge on any atom is -0.373 e. The summed E-state index contributed by atoms with van der Waals surface area (Å²) in [7, 11) is 3.37. The van der Waals surface area contributed by atoms with Crippen LogP contribution >= 0.6 is 0 Å². The zero-order valence-corrected chi connectivity index (χ0v) is 16.9. The van der Waals surface area contributed by atoms with Crippen LogP contribution in [0.15, 0.2) is 47.3 Å². The van der Waals surface area contributed by atoms with Crippen LogP contribution < -0.4 is 21.5 Å². The van der Waals surface area contributed by atoms with Gasteiger partial charge in [-0.25, -0.2) is 9.97 Å². The van der Waals surface area contributed by atoms with Gasteiger partial charge in [0.05, 0.1) is 6.04 Å². The quantitative estimate of drug-likeness (QED) is 0.542. The van der Waals surface area contributed by atoms with Crippen LogP contribution in [0, 0.1) is 0 Å². The molecule has 3 rings (SSSR count). The molecule has 0 aliphatic carbocycles. The summed E-state index contributed by atoms with van der Waals surface area (Å²) in [5.41, 5.74) is 1.90. The zero-order chi connectivity index (χ0) is 20.8. The van der Waals surface area contributed by atoms with E-state index in [9.17, 15) is 9.59 Å². The van der Waals surface area contributed by atoms with Gasteiger partial charge < -0.3 is 16.0 Å². The average molecular weight is 394 g/mol. The molecule has 1 atom stereocenters. The molecule has 0 spiro atoms. The van der Waals surface area contributed by atoms with Crippen LogP contribution in [0.4, 0.5) is 11.6 Å². The SMILES string of the molecule is CC[C@@H](c1ccccc1)n1c(=O)c(NCCC(=O)NC)nc2ccc(NC)nc21. The number of nitrogens with one attached hydrogen (secondary N) is 3. The lowest BCUT2D eigenvalue weighted by molar-refractivity contribution is -0.120. The number of fused-ring (bicyclic) bond motifs is 1. The van der Waals surface area contributed by atoms with Gasteiger partial charge in [-0.1, -0.05) is 37.3 Å². The van der Waals surface area contributed by atoms with E-state index in [1.54, 1.807) is 18.7 Å². The molecule has 8 heteroatoms. The molecule has 2 heterocycles. The fourth-order valence-electron chi connectivity index (χ4n) is 3.29. The summed E-state index contributed by atoms with van der Waals surface area (Å²) in [5.74, 6) is 0.778. The molecule has 0 aliphatic rings. The summed E-state index contributed by atoms with van der Waals surface area (Å²) in [4.78, 5) is 34.0. The van der Waals surface area contributed by atoms with Gasteiger partial charge in [0.25, 0.3) is 5.56 Å². The Morgan fingerprint density at radius 1 is 1.10 bits per heavy atom. The molecule has 3 aromatic rings. The molecule has 2 aromatic heterocycles. The van der Waals surface area contributed by atoms with Crippen molar-refractivity contribution in [3.8, 4) is 0 Å². The molecular weight excluding hydrogens is 368 g/mol. The number of amides is 1. The summed E-state index contributed by atoms with van der Waals surface area (Å²) in [6.07, 6.45) is 0.967. The Labute approximate surface area is 169 Å². The highest BCUT2D eigenvalue weighted by molar-refractivity contribution is 5.76. The molecule has 0 saturated heterocycles. The molecule has 8 nitrogen and oxygen atoms in total. The Morgan fingerprint density at radius 3 is 2.52 bits per heavy atom. The van der Waals surface area contributed by atoms with Crippen molar-refractivity contribution in [1.82, 2.24) is 19.9 Å².